The second-order valence-electron chi connectivity index (χ2n) is 2.71. The number of nitrogens with one attached hydrogen (secondary N) is 1. The number of rotatable bonds is 4. The molecule has 0 heterocycles. The van der Waals surface area contributed by atoms with Gasteiger partial charge in [-0.3, -0.25) is 0 Å². The van der Waals surface area contributed by atoms with Crippen LogP contribution in [0.2, 0.25) is 0 Å². The quantitative estimate of drug-likeness (QED) is 0.382. The maximum Gasteiger partial charge on any atom is 0.404 e. The van der Waals surface area contributed by atoms with Gasteiger partial charge in [-0.05, 0) is 11.4 Å². The molecular formula is C6H12N4O2. The zero-order valence-electron chi connectivity index (χ0n) is 7.06. The van der Waals surface area contributed by atoms with Gasteiger partial charge in [0.2, 0.25) is 0 Å². The largest absolute Gasteiger partial charge is 0.465 e. The van der Waals surface area contributed by atoms with E-state index >= 15 is 0 Å². The number of azide groups is 1. The van der Waals surface area contributed by atoms with Gasteiger partial charge in [-0.25, -0.2) is 4.79 Å². The van der Waals surface area contributed by atoms with Crippen LogP contribution in [-0.2, 0) is 0 Å². The highest BCUT2D eigenvalue weighted by molar-refractivity contribution is 5.64. The standard InChI is InChI=1S/C6H12N4O2/c1-4(2)5(3-8-10-7)9-6(11)12/h4-5,9H,3H2,1-2H3,(H,11,12)/t5-/m0/s1. The fourth-order valence-electron chi connectivity index (χ4n) is 0.706. The first-order valence-corrected chi connectivity index (χ1v) is 3.58. The zero-order valence-corrected chi connectivity index (χ0v) is 7.06. The van der Waals surface area contributed by atoms with Crippen LogP contribution in [0.15, 0.2) is 5.11 Å². The van der Waals surface area contributed by atoms with E-state index in [1.807, 2.05) is 13.8 Å². The van der Waals surface area contributed by atoms with Crippen molar-refractivity contribution in [1.29, 1.82) is 0 Å². The molecule has 0 aromatic carbocycles. The summed E-state index contributed by atoms with van der Waals surface area (Å²) in [7, 11) is 0. The highest BCUT2D eigenvalue weighted by atomic mass is 16.4. The molecule has 0 rings (SSSR count). The van der Waals surface area contributed by atoms with Crippen molar-refractivity contribution in [1.82, 2.24) is 5.32 Å². The normalized spacial score (nSPS) is 11.9. The first-order chi connectivity index (χ1) is 5.57. The lowest BCUT2D eigenvalue weighted by Gasteiger charge is -2.17. The molecule has 0 aliphatic carbocycles. The van der Waals surface area contributed by atoms with Crippen molar-refractivity contribution in [3.8, 4) is 0 Å². The van der Waals surface area contributed by atoms with E-state index in [-0.39, 0.29) is 18.5 Å². The number of nitrogens with zero attached hydrogens (tertiary/aromatic N) is 3. The molecule has 0 aromatic heterocycles. The lowest BCUT2D eigenvalue weighted by molar-refractivity contribution is 0.186. The van der Waals surface area contributed by atoms with Crippen LogP contribution >= 0.6 is 0 Å². The Hall–Kier alpha value is -1.42. The number of carboxylic acid groups (broad SMARTS) is 1. The predicted molar refractivity (Wildman–Crippen MR) is 43.8 cm³/mol. The third-order valence-electron chi connectivity index (χ3n) is 1.46. The number of carbonyl (C=O) groups is 1. The van der Waals surface area contributed by atoms with Gasteiger partial charge >= 0.3 is 6.09 Å². The summed E-state index contributed by atoms with van der Waals surface area (Å²) in [5, 5.41) is 14.0. The fraction of sp³-hybridized carbons (Fsp3) is 0.833. The Morgan fingerprint density at radius 2 is 2.33 bits per heavy atom. The third-order valence-corrected chi connectivity index (χ3v) is 1.46. The smallest absolute Gasteiger partial charge is 0.404 e. The van der Waals surface area contributed by atoms with E-state index in [1.54, 1.807) is 0 Å². The van der Waals surface area contributed by atoms with Crippen LogP contribution in [0.25, 0.3) is 10.4 Å². The van der Waals surface area contributed by atoms with Crippen LogP contribution < -0.4 is 5.32 Å². The summed E-state index contributed by atoms with van der Waals surface area (Å²) < 4.78 is 0. The van der Waals surface area contributed by atoms with E-state index in [1.165, 1.54) is 0 Å². The van der Waals surface area contributed by atoms with E-state index in [4.69, 9.17) is 10.6 Å². The van der Waals surface area contributed by atoms with Crippen LogP contribution in [0.3, 0.4) is 0 Å². The molecule has 1 atom stereocenters. The monoisotopic (exact) mass is 172 g/mol. The third kappa shape index (κ3) is 4.40. The summed E-state index contributed by atoms with van der Waals surface area (Å²) in [5.74, 6) is 0.117. The SMILES string of the molecule is CC(C)[C@H](CN=[N+]=[N-])NC(=O)O. The lowest BCUT2D eigenvalue weighted by Crippen LogP contribution is -2.39. The maximum absolute atomic E-state index is 10.2. The first kappa shape index (κ1) is 10.6. The molecule has 0 unspecified atom stereocenters. The van der Waals surface area contributed by atoms with Gasteiger partial charge in [-0.15, -0.1) is 0 Å². The summed E-state index contributed by atoms with van der Waals surface area (Å²) in [6.07, 6.45) is -1.10. The molecule has 6 heteroatoms. The summed E-state index contributed by atoms with van der Waals surface area (Å²) in [6, 6.07) is -0.307. The molecule has 0 saturated heterocycles. The van der Waals surface area contributed by atoms with E-state index in [0.717, 1.165) is 0 Å². The fourth-order valence-corrected chi connectivity index (χ4v) is 0.706. The summed E-state index contributed by atoms with van der Waals surface area (Å²) >= 11 is 0. The highest BCUT2D eigenvalue weighted by Gasteiger charge is 2.13. The topological polar surface area (TPSA) is 98.1 Å². The van der Waals surface area contributed by atoms with Crippen molar-refractivity contribution < 1.29 is 9.90 Å². The zero-order chi connectivity index (χ0) is 9.56. The Morgan fingerprint density at radius 3 is 2.67 bits per heavy atom. The Labute approximate surface area is 70.2 Å². The Balaban J connectivity index is 4.03. The molecule has 0 fully saturated rings. The molecular weight excluding hydrogens is 160 g/mol. The van der Waals surface area contributed by atoms with Crippen LogP contribution in [0.4, 0.5) is 4.79 Å². The average Bonchev–Trinajstić information content (AvgIpc) is 1.96. The van der Waals surface area contributed by atoms with Crippen LogP contribution in [0.1, 0.15) is 13.8 Å². The molecule has 68 valence electrons. The summed E-state index contributed by atoms with van der Waals surface area (Å²) in [6.45, 7) is 3.86. The molecule has 0 spiro atoms. The van der Waals surface area contributed by atoms with Gasteiger partial charge in [0.15, 0.2) is 0 Å². The molecule has 0 saturated carbocycles. The second-order valence-corrected chi connectivity index (χ2v) is 2.71. The maximum atomic E-state index is 10.2. The minimum Gasteiger partial charge on any atom is -0.465 e. The lowest BCUT2D eigenvalue weighted by atomic mass is 10.1. The van der Waals surface area contributed by atoms with Crippen molar-refractivity contribution in [2.24, 2.45) is 11.0 Å². The average molecular weight is 172 g/mol. The number of amides is 1. The van der Waals surface area contributed by atoms with Gasteiger partial charge in [-0.2, -0.15) is 0 Å². The summed E-state index contributed by atoms with van der Waals surface area (Å²) in [5.41, 5.74) is 8.01. The van der Waals surface area contributed by atoms with E-state index in [9.17, 15) is 4.79 Å². The molecule has 12 heavy (non-hydrogen) atoms. The number of hydrogen-bond acceptors (Lipinski definition) is 2. The molecule has 0 bridgehead atoms. The van der Waals surface area contributed by atoms with Crippen molar-refractivity contribution in [2.45, 2.75) is 19.9 Å². The predicted octanol–water partition coefficient (Wildman–Crippen LogP) is 1.59. The van der Waals surface area contributed by atoms with Crippen molar-refractivity contribution in [2.75, 3.05) is 6.54 Å². The van der Waals surface area contributed by atoms with Crippen molar-refractivity contribution in [3.63, 3.8) is 0 Å². The molecule has 1 amide bonds. The Kier molecular flexibility index (Phi) is 4.64. The van der Waals surface area contributed by atoms with Crippen molar-refractivity contribution >= 4 is 6.09 Å². The van der Waals surface area contributed by atoms with Crippen LogP contribution in [0, 0.1) is 5.92 Å². The molecule has 0 radical (unpaired) electrons. The molecule has 6 nitrogen and oxygen atoms in total. The van der Waals surface area contributed by atoms with E-state index in [2.05, 4.69) is 15.3 Å². The molecule has 0 aliphatic rings. The molecule has 2 N–H and O–H groups in total. The minimum absolute atomic E-state index is 0.117. The first-order valence-electron chi connectivity index (χ1n) is 3.58. The van der Waals surface area contributed by atoms with Gasteiger partial charge in [0.25, 0.3) is 0 Å². The molecule has 0 aliphatic heterocycles. The molecule has 0 aromatic rings. The summed E-state index contributed by atoms with van der Waals surface area (Å²) in [4.78, 5) is 12.8. The van der Waals surface area contributed by atoms with Crippen LogP contribution in [0.5, 0.6) is 0 Å². The Bertz CT molecular complexity index is 194. The minimum atomic E-state index is -1.10. The van der Waals surface area contributed by atoms with Gasteiger partial charge in [0, 0.05) is 17.5 Å². The van der Waals surface area contributed by atoms with Crippen LogP contribution in [-0.4, -0.2) is 23.8 Å². The van der Waals surface area contributed by atoms with E-state index < -0.39 is 6.09 Å². The highest BCUT2D eigenvalue weighted by Crippen LogP contribution is 2.01. The Morgan fingerprint density at radius 1 is 1.75 bits per heavy atom. The van der Waals surface area contributed by atoms with Gasteiger partial charge in [-0.1, -0.05) is 19.0 Å². The van der Waals surface area contributed by atoms with Gasteiger partial charge in [0.1, 0.15) is 0 Å². The second kappa shape index (κ2) is 5.26. The number of hydrogen-bond donors (Lipinski definition) is 2. The van der Waals surface area contributed by atoms with E-state index in [0.29, 0.717) is 0 Å². The van der Waals surface area contributed by atoms with Gasteiger partial charge in [0.05, 0.1) is 0 Å². The van der Waals surface area contributed by atoms with Gasteiger partial charge < -0.3 is 10.4 Å². The van der Waals surface area contributed by atoms with Crippen molar-refractivity contribution in [3.05, 3.63) is 10.4 Å².